The van der Waals surface area contributed by atoms with Crippen LogP contribution in [0.5, 0.6) is 5.75 Å². The predicted molar refractivity (Wildman–Crippen MR) is 77.0 cm³/mol. The Morgan fingerprint density at radius 3 is 3.19 bits per heavy atom. The average molecular weight is 287 g/mol. The molecule has 0 aliphatic carbocycles. The van der Waals surface area contributed by atoms with Crippen LogP contribution in [0.25, 0.3) is 0 Å². The first-order valence-corrected chi connectivity index (χ1v) is 6.92. The molecule has 0 fully saturated rings. The van der Waals surface area contributed by atoms with Gasteiger partial charge in [-0.05, 0) is 30.7 Å². The number of carbonyl (C=O) groups is 1. The predicted octanol–water partition coefficient (Wildman–Crippen LogP) is 0.858. The number of benzene rings is 1. The standard InChI is InChI=1S/C14H17N5O2/c20-14-8-21-12-4-3-10(6-11(12)18-14)7-15-5-1-2-13-16-9-17-19-13/h3-4,6,9,15H,1-2,5,7-8H2,(H,18,20)(H,16,17,19). The second-order valence-corrected chi connectivity index (χ2v) is 4.88. The fourth-order valence-corrected chi connectivity index (χ4v) is 2.21. The summed E-state index contributed by atoms with van der Waals surface area (Å²) in [7, 11) is 0. The molecule has 7 heteroatoms. The highest BCUT2D eigenvalue weighted by atomic mass is 16.5. The van der Waals surface area contributed by atoms with E-state index in [1.165, 1.54) is 6.33 Å². The zero-order chi connectivity index (χ0) is 14.5. The lowest BCUT2D eigenvalue weighted by atomic mass is 10.1. The van der Waals surface area contributed by atoms with Crippen molar-refractivity contribution in [3.05, 3.63) is 35.9 Å². The molecule has 1 aliphatic heterocycles. The minimum atomic E-state index is -0.111. The number of ether oxygens (including phenoxy) is 1. The topological polar surface area (TPSA) is 91.9 Å². The van der Waals surface area contributed by atoms with Gasteiger partial charge in [0.2, 0.25) is 0 Å². The number of rotatable bonds is 6. The van der Waals surface area contributed by atoms with Crippen LogP contribution >= 0.6 is 0 Å². The van der Waals surface area contributed by atoms with E-state index < -0.39 is 0 Å². The third kappa shape index (κ3) is 3.57. The van der Waals surface area contributed by atoms with Crippen molar-refractivity contribution in [3.63, 3.8) is 0 Å². The molecule has 1 aliphatic rings. The van der Waals surface area contributed by atoms with Crippen molar-refractivity contribution in [1.29, 1.82) is 0 Å². The molecule has 0 saturated heterocycles. The highest BCUT2D eigenvalue weighted by molar-refractivity contribution is 5.95. The minimum absolute atomic E-state index is 0.0895. The third-order valence-electron chi connectivity index (χ3n) is 3.24. The maximum Gasteiger partial charge on any atom is 0.262 e. The molecular formula is C14H17N5O2. The fourth-order valence-electron chi connectivity index (χ4n) is 2.21. The van der Waals surface area contributed by atoms with Crippen LogP contribution < -0.4 is 15.4 Å². The summed E-state index contributed by atoms with van der Waals surface area (Å²) in [4.78, 5) is 15.4. The summed E-state index contributed by atoms with van der Waals surface area (Å²) in [6.07, 6.45) is 3.38. The van der Waals surface area contributed by atoms with Crippen LogP contribution in [0.1, 0.15) is 17.8 Å². The summed E-state index contributed by atoms with van der Waals surface area (Å²) in [5, 5.41) is 12.8. The number of carbonyl (C=O) groups excluding carboxylic acids is 1. The van der Waals surface area contributed by atoms with Crippen molar-refractivity contribution < 1.29 is 9.53 Å². The van der Waals surface area contributed by atoms with E-state index in [9.17, 15) is 4.79 Å². The minimum Gasteiger partial charge on any atom is -0.482 e. The number of nitrogens with one attached hydrogen (secondary N) is 3. The number of amides is 1. The van der Waals surface area contributed by atoms with Crippen molar-refractivity contribution in [1.82, 2.24) is 20.5 Å². The zero-order valence-electron chi connectivity index (χ0n) is 11.6. The van der Waals surface area contributed by atoms with Crippen LogP contribution in [0.15, 0.2) is 24.5 Å². The molecule has 0 bridgehead atoms. The molecule has 0 spiro atoms. The smallest absolute Gasteiger partial charge is 0.262 e. The quantitative estimate of drug-likeness (QED) is 0.685. The molecule has 0 unspecified atom stereocenters. The molecule has 3 N–H and O–H groups in total. The van der Waals surface area contributed by atoms with Crippen LogP contribution in [0.4, 0.5) is 5.69 Å². The summed E-state index contributed by atoms with van der Waals surface area (Å²) >= 11 is 0. The second kappa shape index (κ2) is 6.36. The Hall–Kier alpha value is -2.41. The third-order valence-corrected chi connectivity index (χ3v) is 3.24. The first kappa shape index (κ1) is 13.6. The lowest BCUT2D eigenvalue weighted by Crippen LogP contribution is -2.25. The number of aryl methyl sites for hydroxylation is 1. The average Bonchev–Trinajstić information content (AvgIpc) is 3.00. The molecule has 1 aromatic heterocycles. The first-order valence-electron chi connectivity index (χ1n) is 6.92. The van der Waals surface area contributed by atoms with Gasteiger partial charge in [-0.15, -0.1) is 0 Å². The Bertz CT molecular complexity index is 612. The van der Waals surface area contributed by atoms with Crippen LogP contribution in [0.2, 0.25) is 0 Å². The van der Waals surface area contributed by atoms with E-state index in [1.54, 1.807) is 0 Å². The molecule has 1 amide bonds. The van der Waals surface area contributed by atoms with Gasteiger partial charge in [-0.1, -0.05) is 6.07 Å². The first-order chi connectivity index (χ1) is 10.3. The summed E-state index contributed by atoms with van der Waals surface area (Å²) in [6.45, 7) is 1.73. The number of fused-ring (bicyclic) bond motifs is 1. The monoisotopic (exact) mass is 287 g/mol. The number of hydrogen-bond donors (Lipinski definition) is 3. The molecule has 3 rings (SSSR count). The Labute approximate surface area is 122 Å². The second-order valence-electron chi connectivity index (χ2n) is 4.88. The molecular weight excluding hydrogens is 270 g/mol. The SMILES string of the molecule is O=C1COc2ccc(CNCCCc3ncn[nH]3)cc2N1. The molecule has 0 atom stereocenters. The van der Waals surface area contributed by atoms with E-state index in [0.29, 0.717) is 0 Å². The maximum atomic E-state index is 11.3. The molecule has 1 aromatic carbocycles. The molecule has 2 aromatic rings. The number of nitrogens with zero attached hydrogens (tertiary/aromatic N) is 2. The lowest BCUT2D eigenvalue weighted by molar-refractivity contribution is -0.118. The molecule has 0 radical (unpaired) electrons. The van der Waals surface area contributed by atoms with Crippen molar-refractivity contribution in [2.24, 2.45) is 0 Å². The van der Waals surface area contributed by atoms with Gasteiger partial charge in [0.15, 0.2) is 6.61 Å². The molecule has 21 heavy (non-hydrogen) atoms. The Morgan fingerprint density at radius 1 is 1.38 bits per heavy atom. The highest BCUT2D eigenvalue weighted by Gasteiger charge is 2.15. The maximum absolute atomic E-state index is 11.3. The van der Waals surface area contributed by atoms with Crippen molar-refractivity contribution in [2.45, 2.75) is 19.4 Å². The van der Waals surface area contributed by atoms with Crippen molar-refractivity contribution in [3.8, 4) is 5.75 Å². The van der Waals surface area contributed by atoms with E-state index >= 15 is 0 Å². The summed E-state index contributed by atoms with van der Waals surface area (Å²) in [6, 6.07) is 5.83. The van der Waals surface area contributed by atoms with E-state index in [0.717, 1.165) is 48.8 Å². The lowest BCUT2D eigenvalue weighted by Gasteiger charge is -2.18. The Balaban J connectivity index is 1.45. The highest BCUT2D eigenvalue weighted by Crippen LogP contribution is 2.28. The largest absolute Gasteiger partial charge is 0.482 e. The van der Waals surface area contributed by atoms with Gasteiger partial charge in [0.1, 0.15) is 17.9 Å². The Kier molecular flexibility index (Phi) is 4.11. The zero-order valence-corrected chi connectivity index (χ0v) is 11.6. The summed E-state index contributed by atoms with van der Waals surface area (Å²) in [5.41, 5.74) is 1.85. The fraction of sp³-hybridized carbons (Fsp3) is 0.357. The van der Waals surface area contributed by atoms with Crippen LogP contribution in [-0.4, -0.2) is 34.2 Å². The van der Waals surface area contributed by atoms with Crippen LogP contribution in [-0.2, 0) is 17.8 Å². The van der Waals surface area contributed by atoms with Crippen LogP contribution in [0.3, 0.4) is 0 Å². The van der Waals surface area contributed by atoms with Gasteiger partial charge < -0.3 is 15.4 Å². The molecule has 110 valence electrons. The van der Waals surface area contributed by atoms with Gasteiger partial charge in [0.05, 0.1) is 5.69 Å². The van der Waals surface area contributed by atoms with Gasteiger partial charge >= 0.3 is 0 Å². The van der Waals surface area contributed by atoms with Crippen molar-refractivity contribution >= 4 is 11.6 Å². The number of hydrogen-bond acceptors (Lipinski definition) is 5. The van der Waals surface area contributed by atoms with Gasteiger partial charge in [-0.25, -0.2) is 4.98 Å². The van der Waals surface area contributed by atoms with Crippen molar-refractivity contribution in [2.75, 3.05) is 18.5 Å². The molecule has 0 saturated carbocycles. The van der Waals surface area contributed by atoms with Gasteiger partial charge in [0.25, 0.3) is 5.91 Å². The summed E-state index contributed by atoms with van der Waals surface area (Å²) < 4.78 is 5.33. The van der Waals surface area contributed by atoms with Gasteiger partial charge in [0, 0.05) is 13.0 Å². The van der Waals surface area contributed by atoms with E-state index in [1.807, 2.05) is 18.2 Å². The number of anilines is 1. The number of aromatic amines is 1. The molecule has 2 heterocycles. The van der Waals surface area contributed by atoms with E-state index in [2.05, 4.69) is 25.8 Å². The summed E-state index contributed by atoms with van der Waals surface area (Å²) in [5.74, 6) is 1.52. The normalized spacial score (nSPS) is 13.4. The van der Waals surface area contributed by atoms with Gasteiger partial charge in [-0.2, -0.15) is 5.10 Å². The number of H-pyrrole nitrogens is 1. The number of aromatic nitrogens is 3. The van der Waals surface area contributed by atoms with Gasteiger partial charge in [-0.3, -0.25) is 9.89 Å². The van der Waals surface area contributed by atoms with E-state index in [-0.39, 0.29) is 12.5 Å². The van der Waals surface area contributed by atoms with E-state index in [4.69, 9.17) is 4.74 Å². The Morgan fingerprint density at radius 2 is 2.33 bits per heavy atom. The molecule has 7 nitrogen and oxygen atoms in total. The van der Waals surface area contributed by atoms with Crippen LogP contribution in [0, 0.1) is 0 Å².